The summed E-state index contributed by atoms with van der Waals surface area (Å²) in [6.45, 7) is 1.31. The predicted octanol–water partition coefficient (Wildman–Crippen LogP) is 3.20. The first-order valence-corrected chi connectivity index (χ1v) is 8.40. The minimum Gasteiger partial charge on any atom is -0.452 e. The Balaban J connectivity index is 1.49. The molecule has 0 atom stereocenters. The van der Waals surface area contributed by atoms with Gasteiger partial charge in [0.15, 0.2) is 12.4 Å². The molecule has 0 aliphatic heterocycles. The number of hydrogen-bond donors (Lipinski definition) is 1. The molecule has 1 aliphatic rings. The topological polar surface area (TPSA) is 94.3 Å². The number of rotatable bonds is 5. The molecule has 132 valence electrons. The third kappa shape index (κ3) is 3.42. The molecule has 26 heavy (non-hydrogen) atoms. The molecule has 1 aliphatic carbocycles. The molecule has 1 N–H and O–H groups in total. The highest BCUT2D eigenvalue weighted by molar-refractivity contribution is 6.04. The Morgan fingerprint density at radius 2 is 2.08 bits per heavy atom. The Labute approximate surface area is 149 Å². The molecule has 0 spiro atoms. The van der Waals surface area contributed by atoms with Crippen LogP contribution in [0.25, 0.3) is 10.9 Å². The molecule has 0 radical (unpaired) electrons. The molecule has 0 bridgehead atoms. The average molecular weight is 351 g/mol. The number of amides is 1. The summed E-state index contributed by atoms with van der Waals surface area (Å²) in [4.78, 5) is 29.1. The number of carbonyl (C=O) groups excluding carboxylic acids is 2. The van der Waals surface area contributed by atoms with Gasteiger partial charge in [-0.3, -0.25) is 9.78 Å². The van der Waals surface area contributed by atoms with Crippen molar-refractivity contribution in [1.29, 1.82) is 0 Å². The van der Waals surface area contributed by atoms with Gasteiger partial charge in [-0.15, -0.1) is 0 Å². The number of hydrogen-bond acceptors (Lipinski definition) is 6. The second-order valence-electron chi connectivity index (χ2n) is 6.33. The van der Waals surface area contributed by atoms with Gasteiger partial charge in [0.05, 0.1) is 11.1 Å². The minimum atomic E-state index is -0.544. The number of para-hydroxylation sites is 1. The van der Waals surface area contributed by atoms with Crippen LogP contribution < -0.4 is 5.32 Å². The van der Waals surface area contributed by atoms with Gasteiger partial charge in [-0.1, -0.05) is 23.4 Å². The van der Waals surface area contributed by atoms with Crippen LogP contribution in [0.15, 0.2) is 40.9 Å². The highest BCUT2D eigenvalue weighted by Crippen LogP contribution is 2.40. The average Bonchev–Trinajstić information content (AvgIpc) is 3.42. The third-order valence-electron chi connectivity index (χ3n) is 4.18. The van der Waals surface area contributed by atoms with Crippen LogP contribution in [-0.2, 0) is 9.53 Å². The van der Waals surface area contributed by atoms with Gasteiger partial charge in [-0.05, 0) is 31.9 Å². The first-order chi connectivity index (χ1) is 12.6. The largest absolute Gasteiger partial charge is 0.452 e. The van der Waals surface area contributed by atoms with Crippen molar-refractivity contribution in [3.05, 3.63) is 53.4 Å². The standard InChI is InChI=1S/C19H17N3O4/c1-11-8-17(22-26-11)21-18(23)10-25-19(24)14-9-16(12-6-7-12)20-15-5-3-2-4-13(14)15/h2-5,8-9,12H,6-7,10H2,1H3,(H,21,22,23). The highest BCUT2D eigenvalue weighted by Gasteiger charge is 2.27. The van der Waals surface area contributed by atoms with Gasteiger partial charge in [0.2, 0.25) is 0 Å². The normalized spacial score (nSPS) is 13.6. The van der Waals surface area contributed by atoms with Crippen LogP contribution in [-0.4, -0.2) is 28.6 Å². The second-order valence-corrected chi connectivity index (χ2v) is 6.33. The monoisotopic (exact) mass is 351 g/mol. The fourth-order valence-electron chi connectivity index (χ4n) is 2.77. The van der Waals surface area contributed by atoms with E-state index in [1.165, 1.54) is 0 Å². The Bertz CT molecular complexity index is 991. The molecule has 4 rings (SSSR count). The van der Waals surface area contributed by atoms with Gasteiger partial charge >= 0.3 is 5.97 Å². The zero-order chi connectivity index (χ0) is 18.1. The molecule has 7 heteroatoms. The number of nitrogens with one attached hydrogen (secondary N) is 1. The molecule has 1 fully saturated rings. The lowest BCUT2D eigenvalue weighted by Gasteiger charge is -2.09. The number of carbonyl (C=O) groups is 2. The second kappa shape index (κ2) is 6.59. The maximum absolute atomic E-state index is 12.6. The van der Waals surface area contributed by atoms with E-state index in [-0.39, 0.29) is 5.82 Å². The van der Waals surface area contributed by atoms with E-state index in [1.807, 2.05) is 24.3 Å². The number of nitrogens with zero attached hydrogens (tertiary/aromatic N) is 2. The van der Waals surface area contributed by atoms with E-state index in [2.05, 4.69) is 15.5 Å². The van der Waals surface area contributed by atoms with E-state index in [9.17, 15) is 9.59 Å². The lowest BCUT2D eigenvalue weighted by molar-refractivity contribution is -0.119. The van der Waals surface area contributed by atoms with E-state index in [0.717, 1.165) is 29.4 Å². The van der Waals surface area contributed by atoms with Crippen molar-refractivity contribution in [2.45, 2.75) is 25.7 Å². The molecule has 1 saturated carbocycles. The summed E-state index contributed by atoms with van der Waals surface area (Å²) in [6.07, 6.45) is 2.17. The van der Waals surface area contributed by atoms with Gasteiger partial charge in [0.25, 0.3) is 5.91 Å². The van der Waals surface area contributed by atoms with Crippen molar-refractivity contribution >= 4 is 28.6 Å². The number of pyridine rings is 1. The van der Waals surface area contributed by atoms with Crippen LogP contribution in [0.1, 0.15) is 40.6 Å². The van der Waals surface area contributed by atoms with Crippen molar-refractivity contribution in [3.63, 3.8) is 0 Å². The highest BCUT2D eigenvalue weighted by atomic mass is 16.5. The van der Waals surface area contributed by atoms with Crippen LogP contribution in [0.4, 0.5) is 5.82 Å². The predicted molar refractivity (Wildman–Crippen MR) is 93.9 cm³/mol. The van der Waals surface area contributed by atoms with Gasteiger partial charge in [0, 0.05) is 23.1 Å². The minimum absolute atomic E-state index is 0.286. The van der Waals surface area contributed by atoms with E-state index in [4.69, 9.17) is 9.26 Å². The maximum atomic E-state index is 12.6. The number of aromatic nitrogens is 2. The number of fused-ring (bicyclic) bond motifs is 1. The fourth-order valence-corrected chi connectivity index (χ4v) is 2.77. The number of aryl methyl sites for hydroxylation is 1. The summed E-state index contributed by atoms with van der Waals surface area (Å²) in [5.74, 6) is 0.247. The Morgan fingerprint density at radius 1 is 1.27 bits per heavy atom. The zero-order valence-electron chi connectivity index (χ0n) is 14.2. The van der Waals surface area contributed by atoms with Crippen molar-refractivity contribution in [3.8, 4) is 0 Å². The van der Waals surface area contributed by atoms with Crippen LogP contribution in [0, 0.1) is 6.92 Å². The van der Waals surface area contributed by atoms with Crippen LogP contribution >= 0.6 is 0 Å². The van der Waals surface area contributed by atoms with Gasteiger partial charge in [0.1, 0.15) is 5.76 Å². The first-order valence-electron chi connectivity index (χ1n) is 8.40. The number of benzene rings is 1. The molecule has 1 amide bonds. The van der Waals surface area contributed by atoms with E-state index in [1.54, 1.807) is 19.1 Å². The summed E-state index contributed by atoms with van der Waals surface area (Å²) in [7, 11) is 0. The molecular weight excluding hydrogens is 334 g/mol. The quantitative estimate of drug-likeness (QED) is 0.709. The van der Waals surface area contributed by atoms with Crippen LogP contribution in [0.2, 0.25) is 0 Å². The van der Waals surface area contributed by atoms with E-state index >= 15 is 0 Å². The molecule has 0 saturated heterocycles. The van der Waals surface area contributed by atoms with Crippen molar-refractivity contribution < 1.29 is 18.8 Å². The lowest BCUT2D eigenvalue weighted by Crippen LogP contribution is -2.21. The molecule has 2 aromatic heterocycles. The molecular formula is C19H17N3O4. The van der Waals surface area contributed by atoms with Gasteiger partial charge in [-0.2, -0.15) is 0 Å². The van der Waals surface area contributed by atoms with E-state index in [0.29, 0.717) is 17.2 Å². The Hall–Kier alpha value is -3.22. The molecule has 7 nitrogen and oxygen atoms in total. The summed E-state index contributed by atoms with van der Waals surface area (Å²) in [5, 5.41) is 6.89. The van der Waals surface area contributed by atoms with Crippen LogP contribution in [0.3, 0.4) is 0 Å². The summed E-state index contributed by atoms with van der Waals surface area (Å²) in [6, 6.07) is 10.8. The Kier molecular flexibility index (Phi) is 4.12. The fraction of sp³-hybridized carbons (Fsp3) is 0.263. The van der Waals surface area contributed by atoms with Crippen LogP contribution in [0.5, 0.6) is 0 Å². The molecule has 0 unspecified atom stereocenters. The van der Waals surface area contributed by atoms with E-state index < -0.39 is 18.5 Å². The lowest BCUT2D eigenvalue weighted by atomic mass is 10.1. The zero-order valence-corrected chi connectivity index (χ0v) is 14.2. The summed E-state index contributed by atoms with van der Waals surface area (Å²) >= 11 is 0. The SMILES string of the molecule is Cc1cc(NC(=O)COC(=O)c2cc(C3CC3)nc3ccccc23)no1. The van der Waals surface area contributed by atoms with Gasteiger partial charge in [-0.25, -0.2) is 4.79 Å². The van der Waals surface area contributed by atoms with Crippen molar-refractivity contribution in [2.24, 2.45) is 0 Å². The summed E-state index contributed by atoms with van der Waals surface area (Å²) in [5.41, 5.74) is 2.09. The number of esters is 1. The molecule has 2 heterocycles. The maximum Gasteiger partial charge on any atom is 0.339 e. The van der Waals surface area contributed by atoms with Crippen molar-refractivity contribution in [1.82, 2.24) is 10.1 Å². The number of anilines is 1. The molecule has 3 aromatic rings. The third-order valence-corrected chi connectivity index (χ3v) is 4.18. The Morgan fingerprint density at radius 3 is 2.81 bits per heavy atom. The first kappa shape index (κ1) is 16.3. The number of ether oxygens (including phenoxy) is 1. The smallest absolute Gasteiger partial charge is 0.339 e. The molecule has 1 aromatic carbocycles. The van der Waals surface area contributed by atoms with Gasteiger partial charge < -0.3 is 14.6 Å². The van der Waals surface area contributed by atoms with Crippen molar-refractivity contribution in [2.75, 3.05) is 11.9 Å². The summed E-state index contributed by atoms with van der Waals surface area (Å²) < 4.78 is 10.1.